The van der Waals surface area contributed by atoms with E-state index < -0.39 is 6.04 Å². The number of hydrogen-bond acceptors (Lipinski definition) is 4. The topological polar surface area (TPSA) is 64.7 Å². The molecular weight excluding hydrogens is 388 g/mol. The maximum absolute atomic E-state index is 13.1. The Balaban J connectivity index is 1.56. The SMILES string of the molecule is CN(C)CCC(=O)NC(Cc1ccc(Cl)cc1)C(=O)N1CC(NC2CCCC2)C1. The van der Waals surface area contributed by atoms with Crippen molar-refractivity contribution in [2.24, 2.45) is 0 Å². The van der Waals surface area contributed by atoms with Crippen LogP contribution in [0.5, 0.6) is 0 Å². The van der Waals surface area contributed by atoms with Crippen LogP contribution in [0.4, 0.5) is 0 Å². The highest BCUT2D eigenvalue weighted by Crippen LogP contribution is 2.21. The Morgan fingerprint density at radius 2 is 1.79 bits per heavy atom. The van der Waals surface area contributed by atoms with Gasteiger partial charge in [-0.05, 0) is 44.6 Å². The zero-order valence-electron chi connectivity index (χ0n) is 17.5. The average Bonchev–Trinajstić information content (AvgIpc) is 3.16. The third-order valence-corrected chi connectivity index (χ3v) is 6.04. The highest BCUT2D eigenvalue weighted by atomic mass is 35.5. The zero-order valence-corrected chi connectivity index (χ0v) is 18.3. The van der Waals surface area contributed by atoms with E-state index in [1.54, 1.807) is 0 Å². The second kappa shape index (κ2) is 10.4. The molecule has 160 valence electrons. The largest absolute Gasteiger partial charge is 0.344 e. The Bertz CT molecular complexity index is 683. The van der Waals surface area contributed by atoms with Crippen molar-refractivity contribution in [3.8, 4) is 0 Å². The molecule has 1 heterocycles. The summed E-state index contributed by atoms with van der Waals surface area (Å²) < 4.78 is 0. The van der Waals surface area contributed by atoms with Crippen molar-refractivity contribution in [1.82, 2.24) is 20.4 Å². The van der Waals surface area contributed by atoms with E-state index in [0.717, 1.165) is 18.7 Å². The Hall–Kier alpha value is -1.63. The van der Waals surface area contributed by atoms with E-state index in [9.17, 15) is 9.59 Å². The van der Waals surface area contributed by atoms with E-state index in [1.165, 1.54) is 25.7 Å². The Labute approximate surface area is 179 Å². The van der Waals surface area contributed by atoms with E-state index in [0.29, 0.717) is 36.5 Å². The lowest BCUT2D eigenvalue weighted by atomic mass is 10.0. The van der Waals surface area contributed by atoms with Crippen LogP contribution in [0.3, 0.4) is 0 Å². The summed E-state index contributed by atoms with van der Waals surface area (Å²) in [5, 5.41) is 7.29. The standard InChI is InChI=1S/C22H33ClN4O2/c1-26(2)12-11-21(28)25-20(13-16-7-9-17(23)10-8-16)22(29)27-14-19(15-27)24-18-5-3-4-6-18/h7-10,18-20,24H,3-6,11-15H2,1-2H3,(H,25,28). The molecule has 2 N–H and O–H groups in total. The lowest BCUT2D eigenvalue weighted by Gasteiger charge is -2.42. The highest BCUT2D eigenvalue weighted by molar-refractivity contribution is 6.30. The lowest BCUT2D eigenvalue weighted by molar-refractivity contribution is -0.140. The number of rotatable bonds is 9. The summed E-state index contributed by atoms with van der Waals surface area (Å²) in [4.78, 5) is 29.3. The molecule has 0 spiro atoms. The molecule has 1 saturated carbocycles. The molecule has 1 saturated heterocycles. The van der Waals surface area contributed by atoms with Crippen molar-refractivity contribution < 1.29 is 9.59 Å². The van der Waals surface area contributed by atoms with E-state index in [-0.39, 0.29) is 11.8 Å². The van der Waals surface area contributed by atoms with Crippen LogP contribution < -0.4 is 10.6 Å². The van der Waals surface area contributed by atoms with Gasteiger partial charge in [0.1, 0.15) is 6.04 Å². The maximum Gasteiger partial charge on any atom is 0.245 e. The first-order valence-corrected chi connectivity index (χ1v) is 11.0. The van der Waals surface area contributed by atoms with E-state index >= 15 is 0 Å². The van der Waals surface area contributed by atoms with Crippen molar-refractivity contribution in [3.05, 3.63) is 34.9 Å². The van der Waals surface area contributed by atoms with Gasteiger partial charge >= 0.3 is 0 Å². The first kappa shape index (κ1) is 22.1. The molecular formula is C22H33ClN4O2. The number of nitrogens with zero attached hydrogens (tertiary/aromatic N) is 2. The van der Waals surface area contributed by atoms with Crippen LogP contribution in [0, 0.1) is 0 Å². The molecule has 1 aliphatic carbocycles. The minimum absolute atomic E-state index is 0.00243. The Morgan fingerprint density at radius 1 is 1.14 bits per heavy atom. The third kappa shape index (κ3) is 6.69. The molecule has 1 atom stereocenters. The molecule has 6 nitrogen and oxygen atoms in total. The van der Waals surface area contributed by atoms with Gasteiger partial charge in [0.2, 0.25) is 11.8 Å². The van der Waals surface area contributed by atoms with Crippen molar-refractivity contribution in [2.75, 3.05) is 33.7 Å². The maximum atomic E-state index is 13.1. The monoisotopic (exact) mass is 420 g/mol. The molecule has 2 fully saturated rings. The van der Waals surface area contributed by atoms with Gasteiger partial charge in [-0.2, -0.15) is 0 Å². The third-order valence-electron chi connectivity index (χ3n) is 5.79. The average molecular weight is 421 g/mol. The van der Waals surface area contributed by atoms with E-state index in [1.807, 2.05) is 48.2 Å². The molecule has 0 bridgehead atoms. The van der Waals surface area contributed by atoms with Gasteiger partial charge in [-0.3, -0.25) is 9.59 Å². The number of carbonyl (C=O) groups is 2. The van der Waals surface area contributed by atoms with E-state index in [4.69, 9.17) is 11.6 Å². The fourth-order valence-electron chi connectivity index (χ4n) is 4.06. The normalized spacial score (nSPS) is 18.7. The molecule has 1 unspecified atom stereocenters. The number of halogens is 1. The number of carbonyl (C=O) groups excluding carboxylic acids is 2. The first-order valence-electron chi connectivity index (χ1n) is 10.6. The van der Waals surface area contributed by atoms with Gasteiger partial charge < -0.3 is 20.4 Å². The number of benzene rings is 1. The summed E-state index contributed by atoms with van der Waals surface area (Å²) in [5.74, 6) is -0.0882. The van der Waals surface area contributed by atoms with Crippen molar-refractivity contribution in [3.63, 3.8) is 0 Å². The van der Waals surface area contributed by atoms with Crippen LogP contribution in [0.15, 0.2) is 24.3 Å². The van der Waals surface area contributed by atoms with Crippen LogP contribution in [0.25, 0.3) is 0 Å². The molecule has 7 heteroatoms. The summed E-state index contributed by atoms with van der Waals surface area (Å²) >= 11 is 5.98. The Kier molecular flexibility index (Phi) is 7.92. The predicted molar refractivity (Wildman–Crippen MR) is 116 cm³/mol. The zero-order chi connectivity index (χ0) is 20.8. The summed E-state index contributed by atoms with van der Waals surface area (Å²) in [7, 11) is 3.86. The van der Waals surface area contributed by atoms with Gasteiger partial charge in [0.15, 0.2) is 0 Å². The molecule has 0 aromatic heterocycles. The number of likely N-dealkylation sites (tertiary alicyclic amines) is 1. The minimum atomic E-state index is -0.543. The smallest absolute Gasteiger partial charge is 0.245 e. The summed E-state index contributed by atoms with van der Waals surface area (Å²) in [5.41, 5.74) is 0.988. The molecule has 2 amide bonds. The number of amides is 2. The molecule has 2 aliphatic rings. The van der Waals surface area contributed by atoms with Crippen LogP contribution in [-0.4, -0.2) is 73.5 Å². The minimum Gasteiger partial charge on any atom is -0.344 e. The van der Waals surface area contributed by atoms with Gasteiger partial charge in [0.25, 0.3) is 0 Å². The second-order valence-corrected chi connectivity index (χ2v) is 9.03. The van der Waals surface area contributed by atoms with Crippen molar-refractivity contribution in [2.45, 2.75) is 56.7 Å². The van der Waals surface area contributed by atoms with Crippen molar-refractivity contribution in [1.29, 1.82) is 0 Å². The Morgan fingerprint density at radius 3 is 2.41 bits per heavy atom. The molecule has 0 radical (unpaired) electrons. The second-order valence-electron chi connectivity index (χ2n) is 8.59. The molecule has 1 aliphatic heterocycles. The first-order chi connectivity index (χ1) is 13.9. The predicted octanol–water partition coefficient (Wildman–Crippen LogP) is 2.06. The summed E-state index contributed by atoms with van der Waals surface area (Å²) in [6, 6.07) is 7.90. The van der Waals surface area contributed by atoms with Crippen LogP contribution in [0.1, 0.15) is 37.7 Å². The fraction of sp³-hybridized carbons (Fsp3) is 0.636. The number of nitrogens with one attached hydrogen (secondary N) is 2. The van der Waals surface area contributed by atoms with Gasteiger partial charge in [-0.25, -0.2) is 0 Å². The quantitative estimate of drug-likeness (QED) is 0.641. The van der Waals surface area contributed by atoms with Crippen LogP contribution in [-0.2, 0) is 16.0 Å². The summed E-state index contributed by atoms with van der Waals surface area (Å²) in [6.45, 7) is 2.10. The van der Waals surface area contributed by atoms with Gasteiger partial charge in [0.05, 0.1) is 0 Å². The number of hydrogen-bond donors (Lipinski definition) is 2. The molecule has 29 heavy (non-hydrogen) atoms. The van der Waals surface area contributed by atoms with Gasteiger partial charge in [-0.15, -0.1) is 0 Å². The highest BCUT2D eigenvalue weighted by Gasteiger charge is 2.36. The molecule has 1 aromatic carbocycles. The van der Waals surface area contributed by atoms with Crippen molar-refractivity contribution >= 4 is 23.4 Å². The summed E-state index contributed by atoms with van der Waals surface area (Å²) in [6.07, 6.45) is 5.94. The van der Waals surface area contributed by atoms with Crippen LogP contribution in [0.2, 0.25) is 5.02 Å². The van der Waals surface area contributed by atoms with Gasteiger partial charge in [0, 0.05) is 49.6 Å². The fourth-order valence-corrected chi connectivity index (χ4v) is 4.18. The molecule has 3 rings (SSSR count). The molecule has 1 aromatic rings. The lowest BCUT2D eigenvalue weighted by Crippen LogP contribution is -2.64. The van der Waals surface area contributed by atoms with Gasteiger partial charge in [-0.1, -0.05) is 36.6 Å². The van der Waals surface area contributed by atoms with Crippen LogP contribution >= 0.6 is 11.6 Å². The van der Waals surface area contributed by atoms with E-state index in [2.05, 4.69) is 10.6 Å².